The third kappa shape index (κ3) is 3.01. The zero-order valence-corrected chi connectivity index (χ0v) is 12.5. The highest BCUT2D eigenvalue weighted by Gasteiger charge is 2.08. The van der Waals surface area contributed by atoms with Crippen LogP contribution in [0, 0.1) is 0 Å². The molecule has 0 aliphatic heterocycles. The summed E-state index contributed by atoms with van der Waals surface area (Å²) in [5.74, 6) is 0.0364. The number of primary amides is 1. The minimum atomic E-state index is -0.523. The van der Waals surface area contributed by atoms with Crippen LogP contribution in [0.5, 0.6) is 5.75 Å². The number of hydrogen-bond acceptors (Lipinski definition) is 4. The summed E-state index contributed by atoms with van der Waals surface area (Å²) >= 11 is 1.23. The van der Waals surface area contributed by atoms with Crippen LogP contribution in [0.15, 0.2) is 53.3 Å². The van der Waals surface area contributed by atoms with Crippen molar-refractivity contribution in [1.82, 2.24) is 4.57 Å². The standard InChI is InChI=1S/C16H14N2O3S/c17-15(19)10-21-12-5-3-4-11(8-12)9-18-13-6-1-2-7-14(13)22-16(18)20/h1-8H,9-10H2,(H2,17,19). The molecule has 6 heteroatoms. The van der Waals surface area contributed by atoms with Gasteiger partial charge in [-0.2, -0.15) is 0 Å². The number of rotatable bonds is 5. The van der Waals surface area contributed by atoms with E-state index < -0.39 is 5.91 Å². The van der Waals surface area contributed by atoms with Gasteiger partial charge >= 0.3 is 4.87 Å². The highest BCUT2D eigenvalue weighted by Crippen LogP contribution is 2.19. The van der Waals surface area contributed by atoms with Crippen LogP contribution < -0.4 is 15.3 Å². The maximum Gasteiger partial charge on any atom is 0.308 e. The molecule has 22 heavy (non-hydrogen) atoms. The third-order valence-corrected chi connectivity index (χ3v) is 4.15. The van der Waals surface area contributed by atoms with E-state index in [1.807, 2.05) is 42.5 Å². The quantitative estimate of drug-likeness (QED) is 0.782. The molecule has 3 rings (SSSR count). The maximum atomic E-state index is 12.1. The number of amides is 1. The molecule has 0 fully saturated rings. The van der Waals surface area contributed by atoms with Gasteiger partial charge in [-0.05, 0) is 29.8 Å². The lowest BCUT2D eigenvalue weighted by molar-refractivity contribution is -0.119. The Hall–Kier alpha value is -2.60. The number of nitrogens with two attached hydrogens (primary N) is 1. The van der Waals surface area contributed by atoms with Crippen LogP contribution in [0.2, 0.25) is 0 Å². The minimum Gasteiger partial charge on any atom is -0.484 e. The van der Waals surface area contributed by atoms with Crippen molar-refractivity contribution in [2.24, 2.45) is 5.73 Å². The maximum absolute atomic E-state index is 12.1. The molecule has 1 heterocycles. The molecule has 0 radical (unpaired) electrons. The summed E-state index contributed by atoms with van der Waals surface area (Å²) in [5.41, 5.74) is 6.90. The lowest BCUT2D eigenvalue weighted by Crippen LogP contribution is -2.20. The van der Waals surface area contributed by atoms with Crippen molar-refractivity contribution < 1.29 is 9.53 Å². The predicted octanol–water partition coefficient (Wildman–Crippen LogP) is 1.98. The van der Waals surface area contributed by atoms with Gasteiger partial charge in [-0.1, -0.05) is 35.6 Å². The number of aromatic nitrogens is 1. The number of ether oxygens (including phenoxy) is 1. The molecule has 2 aromatic carbocycles. The summed E-state index contributed by atoms with van der Waals surface area (Å²) < 4.78 is 7.98. The van der Waals surface area contributed by atoms with E-state index in [4.69, 9.17) is 10.5 Å². The van der Waals surface area contributed by atoms with Crippen molar-refractivity contribution in [2.45, 2.75) is 6.54 Å². The van der Waals surface area contributed by atoms with Gasteiger partial charge in [0, 0.05) is 0 Å². The van der Waals surface area contributed by atoms with Crippen LogP contribution in [0.4, 0.5) is 0 Å². The van der Waals surface area contributed by atoms with Crippen LogP contribution in [0.3, 0.4) is 0 Å². The van der Waals surface area contributed by atoms with Crippen molar-refractivity contribution >= 4 is 27.5 Å². The molecule has 1 aromatic heterocycles. The van der Waals surface area contributed by atoms with Crippen molar-refractivity contribution in [1.29, 1.82) is 0 Å². The summed E-state index contributed by atoms with van der Waals surface area (Å²) in [7, 11) is 0. The van der Waals surface area contributed by atoms with Crippen LogP contribution in [-0.2, 0) is 11.3 Å². The van der Waals surface area contributed by atoms with Crippen LogP contribution in [0.1, 0.15) is 5.56 Å². The minimum absolute atomic E-state index is 0.00431. The van der Waals surface area contributed by atoms with Gasteiger partial charge in [-0.3, -0.25) is 14.2 Å². The smallest absolute Gasteiger partial charge is 0.308 e. The van der Waals surface area contributed by atoms with Crippen LogP contribution in [0.25, 0.3) is 10.2 Å². The number of thiazole rings is 1. The highest BCUT2D eigenvalue weighted by molar-refractivity contribution is 7.16. The number of nitrogens with zero attached hydrogens (tertiary/aromatic N) is 1. The molecule has 2 N–H and O–H groups in total. The van der Waals surface area contributed by atoms with E-state index in [2.05, 4.69) is 0 Å². The van der Waals surface area contributed by atoms with Gasteiger partial charge < -0.3 is 10.5 Å². The normalized spacial score (nSPS) is 10.7. The fraction of sp³-hybridized carbons (Fsp3) is 0.125. The lowest BCUT2D eigenvalue weighted by Gasteiger charge is -2.07. The predicted molar refractivity (Wildman–Crippen MR) is 86.3 cm³/mol. The third-order valence-electron chi connectivity index (χ3n) is 3.19. The van der Waals surface area contributed by atoms with E-state index in [1.54, 1.807) is 10.6 Å². The number of fused-ring (bicyclic) bond motifs is 1. The molecular formula is C16H14N2O3S. The second kappa shape index (κ2) is 6.03. The zero-order chi connectivity index (χ0) is 15.5. The molecule has 0 aliphatic carbocycles. The molecule has 0 spiro atoms. The van der Waals surface area contributed by atoms with E-state index in [0.717, 1.165) is 15.8 Å². The first-order valence-electron chi connectivity index (χ1n) is 6.72. The van der Waals surface area contributed by atoms with Gasteiger partial charge in [-0.25, -0.2) is 0 Å². The molecule has 0 bridgehead atoms. The molecule has 5 nitrogen and oxygen atoms in total. The molecule has 0 saturated heterocycles. The Kier molecular flexibility index (Phi) is 3.93. The van der Waals surface area contributed by atoms with Gasteiger partial charge in [0.15, 0.2) is 6.61 Å². The zero-order valence-electron chi connectivity index (χ0n) is 11.7. The summed E-state index contributed by atoms with van der Waals surface area (Å²) in [6, 6.07) is 15.0. The molecule has 3 aromatic rings. The Labute approximate surface area is 130 Å². The molecule has 0 unspecified atom stereocenters. The Morgan fingerprint density at radius 3 is 2.82 bits per heavy atom. The Balaban J connectivity index is 1.89. The highest BCUT2D eigenvalue weighted by atomic mass is 32.1. The number of hydrogen-bond donors (Lipinski definition) is 1. The Morgan fingerprint density at radius 1 is 1.18 bits per heavy atom. The summed E-state index contributed by atoms with van der Waals surface area (Å²) in [5, 5.41) is 0. The first-order chi connectivity index (χ1) is 10.6. The second-order valence-electron chi connectivity index (χ2n) is 4.82. The molecule has 0 saturated carbocycles. The van der Waals surface area contributed by atoms with Crippen LogP contribution >= 0.6 is 11.3 Å². The van der Waals surface area contributed by atoms with E-state index >= 15 is 0 Å². The fourth-order valence-electron chi connectivity index (χ4n) is 2.23. The number of para-hydroxylation sites is 1. The Morgan fingerprint density at radius 2 is 2.00 bits per heavy atom. The van der Waals surface area contributed by atoms with Crippen molar-refractivity contribution in [3.05, 3.63) is 63.8 Å². The average Bonchev–Trinajstić information content (AvgIpc) is 2.82. The van der Waals surface area contributed by atoms with Gasteiger partial charge in [0.2, 0.25) is 0 Å². The van der Waals surface area contributed by atoms with Crippen molar-refractivity contribution in [2.75, 3.05) is 6.61 Å². The average molecular weight is 314 g/mol. The molecule has 0 aliphatic rings. The summed E-state index contributed by atoms with van der Waals surface area (Å²) in [6.07, 6.45) is 0. The largest absolute Gasteiger partial charge is 0.484 e. The van der Waals surface area contributed by atoms with Gasteiger partial charge in [0.05, 0.1) is 16.8 Å². The number of carbonyl (C=O) groups is 1. The van der Waals surface area contributed by atoms with E-state index in [0.29, 0.717) is 12.3 Å². The van der Waals surface area contributed by atoms with Crippen LogP contribution in [-0.4, -0.2) is 17.1 Å². The van der Waals surface area contributed by atoms with Gasteiger partial charge in [0.1, 0.15) is 5.75 Å². The first-order valence-corrected chi connectivity index (χ1v) is 7.53. The number of carbonyl (C=O) groups excluding carboxylic acids is 1. The van der Waals surface area contributed by atoms with Crippen molar-refractivity contribution in [3.8, 4) is 5.75 Å². The molecular weight excluding hydrogens is 300 g/mol. The fourth-order valence-corrected chi connectivity index (χ4v) is 3.12. The summed E-state index contributed by atoms with van der Waals surface area (Å²) in [6.45, 7) is 0.293. The molecule has 112 valence electrons. The second-order valence-corrected chi connectivity index (χ2v) is 5.82. The monoisotopic (exact) mass is 314 g/mol. The van der Waals surface area contributed by atoms with E-state index in [-0.39, 0.29) is 11.5 Å². The van der Waals surface area contributed by atoms with Gasteiger partial charge in [0.25, 0.3) is 5.91 Å². The van der Waals surface area contributed by atoms with Crippen molar-refractivity contribution in [3.63, 3.8) is 0 Å². The molecule has 1 amide bonds. The Bertz CT molecular complexity index is 882. The van der Waals surface area contributed by atoms with Gasteiger partial charge in [-0.15, -0.1) is 0 Å². The lowest BCUT2D eigenvalue weighted by atomic mass is 10.2. The summed E-state index contributed by atoms with van der Waals surface area (Å²) in [4.78, 5) is 22.9. The van der Waals surface area contributed by atoms with E-state index in [1.165, 1.54) is 11.3 Å². The first kappa shape index (κ1) is 14.3. The topological polar surface area (TPSA) is 74.3 Å². The molecule has 0 atom stereocenters. The SMILES string of the molecule is NC(=O)COc1cccc(Cn2c(=O)sc3ccccc32)c1. The number of benzene rings is 2. The van der Waals surface area contributed by atoms with E-state index in [9.17, 15) is 9.59 Å².